The van der Waals surface area contributed by atoms with Gasteiger partial charge in [-0.25, -0.2) is 4.52 Å². The molecule has 2 aromatic rings. The fourth-order valence-corrected chi connectivity index (χ4v) is 4.84. The molecular weight excluding hydrogens is 412 g/mol. The maximum absolute atomic E-state index is 13.3. The average Bonchev–Trinajstić information content (AvgIpc) is 3.57. The number of carbonyl (C=O) groups excluding carboxylic acids is 1. The highest BCUT2D eigenvalue weighted by atomic mass is 16.2. The van der Waals surface area contributed by atoms with Gasteiger partial charge in [-0.1, -0.05) is 13.0 Å². The van der Waals surface area contributed by atoms with E-state index in [9.17, 15) is 4.79 Å². The van der Waals surface area contributed by atoms with Crippen LogP contribution in [0.1, 0.15) is 50.7 Å². The Morgan fingerprint density at radius 2 is 1.97 bits per heavy atom. The highest BCUT2D eigenvalue weighted by molar-refractivity contribution is 5.95. The molecule has 3 aliphatic rings. The fourth-order valence-electron chi connectivity index (χ4n) is 4.84. The van der Waals surface area contributed by atoms with E-state index in [0.29, 0.717) is 0 Å². The summed E-state index contributed by atoms with van der Waals surface area (Å²) < 4.78 is 1.88. The molecule has 7 heteroatoms. The summed E-state index contributed by atoms with van der Waals surface area (Å²) in [6.07, 6.45) is 13.5. The molecule has 0 N–H and O–H groups in total. The molecule has 1 atom stereocenters. The molecule has 2 aromatic heterocycles. The lowest BCUT2D eigenvalue weighted by Crippen LogP contribution is -2.47. The van der Waals surface area contributed by atoms with Crippen molar-refractivity contribution in [2.24, 2.45) is 0 Å². The monoisotopic (exact) mass is 446 g/mol. The van der Waals surface area contributed by atoms with Gasteiger partial charge in [-0.15, -0.1) is 0 Å². The molecule has 5 rings (SSSR count). The van der Waals surface area contributed by atoms with Crippen LogP contribution in [0.5, 0.6) is 0 Å². The van der Waals surface area contributed by atoms with E-state index in [4.69, 9.17) is 5.10 Å². The smallest absolute Gasteiger partial charge is 0.251 e. The van der Waals surface area contributed by atoms with Gasteiger partial charge in [0.25, 0.3) is 5.91 Å². The van der Waals surface area contributed by atoms with E-state index in [-0.39, 0.29) is 11.9 Å². The van der Waals surface area contributed by atoms with Crippen LogP contribution < -0.4 is 0 Å². The summed E-state index contributed by atoms with van der Waals surface area (Å²) in [5.41, 5.74) is 5.77. The van der Waals surface area contributed by atoms with E-state index in [2.05, 4.69) is 40.8 Å². The van der Waals surface area contributed by atoms with Crippen LogP contribution in [0.25, 0.3) is 11.1 Å². The van der Waals surface area contributed by atoms with Gasteiger partial charge in [0.15, 0.2) is 0 Å². The summed E-state index contributed by atoms with van der Waals surface area (Å²) >= 11 is 0. The van der Waals surface area contributed by atoms with E-state index in [1.165, 1.54) is 12.8 Å². The third-order valence-corrected chi connectivity index (χ3v) is 6.98. The molecule has 7 nitrogen and oxygen atoms in total. The number of amides is 1. The number of rotatable bonds is 5. The van der Waals surface area contributed by atoms with Crippen molar-refractivity contribution in [1.82, 2.24) is 29.3 Å². The number of carbonyl (C=O) groups is 1. The lowest BCUT2D eigenvalue weighted by Gasteiger charge is -2.38. The topological polar surface area (TPSA) is 57.0 Å². The number of fused-ring (bicyclic) bond motifs is 1. The van der Waals surface area contributed by atoms with Gasteiger partial charge in [-0.2, -0.15) is 5.10 Å². The molecule has 1 saturated carbocycles. The number of aromatic nitrogens is 3. The molecule has 0 bridgehead atoms. The van der Waals surface area contributed by atoms with E-state index in [1.54, 1.807) is 6.08 Å². The number of piperazine rings is 1. The van der Waals surface area contributed by atoms with Gasteiger partial charge in [0.2, 0.25) is 0 Å². The number of aryl methyl sites for hydroxylation is 2. The Kier molecular flexibility index (Phi) is 5.83. The van der Waals surface area contributed by atoms with Crippen LogP contribution >= 0.6 is 0 Å². The minimum Gasteiger partial charge on any atom is -0.368 e. The van der Waals surface area contributed by atoms with E-state index < -0.39 is 0 Å². The first-order valence-electron chi connectivity index (χ1n) is 12.2. The number of hydrogen-bond acceptors (Lipinski definition) is 5. The lowest BCUT2D eigenvalue weighted by atomic mass is 10.1. The summed E-state index contributed by atoms with van der Waals surface area (Å²) in [4.78, 5) is 24.7. The summed E-state index contributed by atoms with van der Waals surface area (Å²) in [6.45, 7) is 12.4. The lowest BCUT2D eigenvalue weighted by molar-refractivity contribution is -0.124. The molecule has 4 heterocycles. The predicted octanol–water partition coefficient (Wildman–Crippen LogP) is 3.41. The minimum absolute atomic E-state index is 0.0134. The first-order valence-corrected chi connectivity index (χ1v) is 12.2. The first kappa shape index (κ1) is 21.9. The van der Waals surface area contributed by atoms with E-state index >= 15 is 0 Å². The van der Waals surface area contributed by atoms with Crippen molar-refractivity contribution in [2.45, 2.75) is 59.0 Å². The van der Waals surface area contributed by atoms with Gasteiger partial charge in [0.1, 0.15) is 0 Å². The molecule has 1 amide bonds. The van der Waals surface area contributed by atoms with Crippen molar-refractivity contribution < 1.29 is 4.79 Å². The van der Waals surface area contributed by atoms with Crippen molar-refractivity contribution in [3.8, 4) is 0 Å². The second kappa shape index (κ2) is 8.78. The van der Waals surface area contributed by atoms with Gasteiger partial charge in [0, 0.05) is 44.5 Å². The second-order valence-electron chi connectivity index (χ2n) is 9.52. The Balaban J connectivity index is 1.33. The largest absolute Gasteiger partial charge is 0.368 e. The summed E-state index contributed by atoms with van der Waals surface area (Å²) in [7, 11) is 0. The Hall–Kier alpha value is -2.93. The highest BCUT2D eigenvalue weighted by Crippen LogP contribution is 2.29. The van der Waals surface area contributed by atoms with Crippen molar-refractivity contribution in [3.63, 3.8) is 0 Å². The molecule has 33 heavy (non-hydrogen) atoms. The van der Waals surface area contributed by atoms with Gasteiger partial charge in [-0.3, -0.25) is 14.7 Å². The molecule has 0 radical (unpaired) electrons. The maximum atomic E-state index is 13.3. The predicted molar refractivity (Wildman–Crippen MR) is 130 cm³/mol. The average molecular weight is 447 g/mol. The van der Waals surface area contributed by atoms with Crippen LogP contribution in [-0.4, -0.2) is 73.5 Å². The Bertz CT molecular complexity index is 1150. The van der Waals surface area contributed by atoms with Crippen molar-refractivity contribution in [3.05, 3.63) is 59.5 Å². The number of allylic oxidation sites excluding steroid dienone is 2. The standard InChI is InChI=1S/C26H34N6O/c1-5-23-25-15-24(28-32(25)16-19(3)27-23)18(2)14-26(33)31-17-22(7-6-20(31)4)30-12-10-29(11-13-30)21-8-9-21/h6-7,14-17,20-21H,5,8-13H2,1-4H3/b18-14+. The molecule has 174 valence electrons. The molecule has 0 aromatic carbocycles. The van der Waals surface area contributed by atoms with Crippen LogP contribution in [0, 0.1) is 6.92 Å². The summed E-state index contributed by atoms with van der Waals surface area (Å²) in [5.74, 6) is -0.0134. The zero-order chi connectivity index (χ0) is 23.1. The van der Waals surface area contributed by atoms with Gasteiger partial charge < -0.3 is 9.80 Å². The SMILES string of the molecule is CCc1nc(C)cn2nc(/C(C)=C/C(=O)N3C=C(N4CCN(C5CC5)CC4)C=CC3C)cc12. The molecular formula is C26H34N6O. The normalized spacial score (nSPS) is 22.2. The van der Waals surface area contributed by atoms with Crippen LogP contribution in [0.4, 0.5) is 0 Å². The Morgan fingerprint density at radius 1 is 1.21 bits per heavy atom. The molecule has 1 saturated heterocycles. The van der Waals surface area contributed by atoms with E-state index in [0.717, 1.165) is 72.5 Å². The van der Waals surface area contributed by atoms with E-state index in [1.807, 2.05) is 41.7 Å². The molecule has 2 fully saturated rings. The summed E-state index contributed by atoms with van der Waals surface area (Å²) in [6, 6.07) is 2.88. The third kappa shape index (κ3) is 4.47. The molecule has 1 unspecified atom stereocenters. The molecule has 1 aliphatic carbocycles. The van der Waals surface area contributed by atoms with Gasteiger partial charge >= 0.3 is 0 Å². The first-order chi connectivity index (χ1) is 15.9. The van der Waals surface area contributed by atoms with Gasteiger partial charge in [-0.05, 0) is 57.7 Å². The zero-order valence-electron chi connectivity index (χ0n) is 20.2. The molecule has 0 spiro atoms. The highest BCUT2D eigenvalue weighted by Gasteiger charge is 2.32. The van der Waals surface area contributed by atoms with Crippen LogP contribution in [0.2, 0.25) is 0 Å². The maximum Gasteiger partial charge on any atom is 0.251 e. The zero-order valence-corrected chi connectivity index (χ0v) is 20.2. The second-order valence-corrected chi connectivity index (χ2v) is 9.52. The quantitative estimate of drug-likeness (QED) is 0.659. The fraction of sp³-hybridized carbons (Fsp3) is 0.500. The summed E-state index contributed by atoms with van der Waals surface area (Å²) in [5, 5.41) is 4.71. The Labute approximate surface area is 196 Å². The van der Waals surface area contributed by atoms with Crippen molar-refractivity contribution >= 4 is 17.0 Å². The van der Waals surface area contributed by atoms with Crippen molar-refractivity contribution in [1.29, 1.82) is 0 Å². The van der Waals surface area contributed by atoms with Crippen LogP contribution in [-0.2, 0) is 11.2 Å². The van der Waals surface area contributed by atoms with Crippen molar-refractivity contribution in [2.75, 3.05) is 26.2 Å². The van der Waals surface area contributed by atoms with Gasteiger partial charge in [0.05, 0.1) is 40.5 Å². The third-order valence-electron chi connectivity index (χ3n) is 6.98. The van der Waals surface area contributed by atoms with Crippen LogP contribution in [0.15, 0.2) is 42.4 Å². The number of nitrogens with zero attached hydrogens (tertiary/aromatic N) is 6. The minimum atomic E-state index is -0.0134. The number of hydrogen-bond donors (Lipinski definition) is 0. The Morgan fingerprint density at radius 3 is 2.67 bits per heavy atom. The molecule has 2 aliphatic heterocycles. The van der Waals surface area contributed by atoms with Crippen LogP contribution in [0.3, 0.4) is 0 Å².